The van der Waals surface area contributed by atoms with E-state index >= 15 is 0 Å². The summed E-state index contributed by atoms with van der Waals surface area (Å²) in [6, 6.07) is 11.3. The molecule has 0 spiro atoms. The molecule has 0 aliphatic carbocycles. The summed E-state index contributed by atoms with van der Waals surface area (Å²) in [6.07, 6.45) is 3.31. The number of aryl methyl sites for hydroxylation is 2. The fourth-order valence-corrected chi connectivity index (χ4v) is 2.20. The largest absolute Gasteiger partial charge is 0.493 e. The van der Waals surface area contributed by atoms with Crippen LogP contribution in [0.1, 0.15) is 27.0 Å². The quantitative estimate of drug-likeness (QED) is 0.612. The van der Waals surface area contributed by atoms with Gasteiger partial charge in [-0.05, 0) is 49.3 Å². The number of rotatable bonds is 5. The maximum absolute atomic E-state index is 12.3. The van der Waals surface area contributed by atoms with Gasteiger partial charge in [0, 0.05) is 11.1 Å². The molecule has 0 amide bonds. The van der Waals surface area contributed by atoms with Crippen molar-refractivity contribution >= 4 is 11.9 Å². The van der Waals surface area contributed by atoms with E-state index in [2.05, 4.69) is 0 Å². The maximum atomic E-state index is 12.3. The molecule has 0 heterocycles. The van der Waals surface area contributed by atoms with Crippen LogP contribution in [-0.2, 0) is 0 Å². The lowest BCUT2D eigenvalue weighted by Gasteiger charge is -2.09. The maximum Gasteiger partial charge on any atom is 0.185 e. The number of hydrogen-bond donors (Lipinski definition) is 0. The van der Waals surface area contributed by atoms with Crippen molar-refractivity contribution in [3.05, 3.63) is 64.7 Å². The third kappa shape index (κ3) is 3.37. The van der Waals surface area contributed by atoms with Crippen molar-refractivity contribution in [2.24, 2.45) is 0 Å². The molecule has 0 unspecified atom stereocenters. The molecular weight excluding hydrogens is 276 g/mol. The van der Waals surface area contributed by atoms with Crippen molar-refractivity contribution in [3.8, 4) is 11.5 Å². The third-order valence-corrected chi connectivity index (χ3v) is 3.64. The van der Waals surface area contributed by atoms with Crippen LogP contribution in [0.5, 0.6) is 11.5 Å². The van der Waals surface area contributed by atoms with Gasteiger partial charge in [-0.1, -0.05) is 24.3 Å². The van der Waals surface area contributed by atoms with Gasteiger partial charge in [0.2, 0.25) is 0 Å². The summed E-state index contributed by atoms with van der Waals surface area (Å²) in [6.45, 7) is 4.03. The van der Waals surface area contributed by atoms with Crippen LogP contribution < -0.4 is 9.47 Å². The molecule has 0 atom stereocenters. The van der Waals surface area contributed by atoms with E-state index in [4.69, 9.17) is 9.47 Å². The van der Waals surface area contributed by atoms with Gasteiger partial charge in [0.1, 0.15) is 0 Å². The van der Waals surface area contributed by atoms with E-state index in [0.717, 1.165) is 11.1 Å². The van der Waals surface area contributed by atoms with Crippen LogP contribution in [0.15, 0.2) is 42.5 Å². The van der Waals surface area contributed by atoms with Crippen molar-refractivity contribution in [3.63, 3.8) is 0 Å². The van der Waals surface area contributed by atoms with E-state index in [-0.39, 0.29) is 5.78 Å². The fraction of sp³-hybridized carbons (Fsp3) is 0.211. The van der Waals surface area contributed by atoms with Crippen LogP contribution in [0, 0.1) is 13.8 Å². The van der Waals surface area contributed by atoms with E-state index < -0.39 is 0 Å². The molecule has 0 aromatic heterocycles. The summed E-state index contributed by atoms with van der Waals surface area (Å²) in [5.41, 5.74) is 3.77. The topological polar surface area (TPSA) is 35.5 Å². The molecule has 114 valence electrons. The van der Waals surface area contributed by atoms with Gasteiger partial charge in [0.15, 0.2) is 17.3 Å². The second kappa shape index (κ2) is 6.94. The Labute approximate surface area is 131 Å². The van der Waals surface area contributed by atoms with Gasteiger partial charge in [-0.3, -0.25) is 4.79 Å². The van der Waals surface area contributed by atoms with Gasteiger partial charge in [-0.15, -0.1) is 0 Å². The smallest absolute Gasteiger partial charge is 0.185 e. The van der Waals surface area contributed by atoms with Crippen molar-refractivity contribution in [2.75, 3.05) is 14.2 Å². The summed E-state index contributed by atoms with van der Waals surface area (Å²) in [5.74, 6) is 1.23. The number of ether oxygens (including phenoxy) is 2. The first kappa shape index (κ1) is 15.8. The number of carbonyl (C=O) groups is 1. The van der Waals surface area contributed by atoms with E-state index in [1.165, 1.54) is 5.56 Å². The first-order valence-corrected chi connectivity index (χ1v) is 7.07. The zero-order valence-electron chi connectivity index (χ0n) is 13.3. The van der Waals surface area contributed by atoms with Gasteiger partial charge < -0.3 is 9.47 Å². The Hall–Kier alpha value is -2.55. The third-order valence-electron chi connectivity index (χ3n) is 3.64. The highest BCUT2D eigenvalue weighted by atomic mass is 16.5. The Balaban J connectivity index is 2.28. The van der Waals surface area contributed by atoms with Crippen LogP contribution in [0.25, 0.3) is 6.08 Å². The lowest BCUT2D eigenvalue weighted by molar-refractivity contribution is 0.104. The molecule has 0 aliphatic rings. The molecule has 0 fully saturated rings. The van der Waals surface area contributed by atoms with E-state index in [0.29, 0.717) is 17.1 Å². The molecule has 0 radical (unpaired) electrons. The number of methoxy groups -OCH3 is 2. The highest BCUT2D eigenvalue weighted by molar-refractivity contribution is 6.07. The molecule has 0 bridgehead atoms. The Morgan fingerprint density at radius 2 is 1.77 bits per heavy atom. The number of carbonyl (C=O) groups excluding carboxylic acids is 1. The van der Waals surface area contributed by atoms with Crippen molar-refractivity contribution in [1.29, 1.82) is 0 Å². The summed E-state index contributed by atoms with van der Waals surface area (Å²) in [5, 5.41) is 0. The summed E-state index contributed by atoms with van der Waals surface area (Å²) in [4.78, 5) is 12.3. The van der Waals surface area contributed by atoms with Gasteiger partial charge in [0.25, 0.3) is 0 Å². The second-order valence-electron chi connectivity index (χ2n) is 5.08. The first-order chi connectivity index (χ1) is 10.6. The molecular formula is C19H20O3. The molecule has 2 aromatic carbocycles. The Morgan fingerprint density at radius 1 is 1.00 bits per heavy atom. The van der Waals surface area contributed by atoms with Crippen LogP contribution in [-0.4, -0.2) is 20.0 Å². The lowest BCUT2D eigenvalue weighted by atomic mass is 10.0. The zero-order chi connectivity index (χ0) is 16.1. The predicted molar refractivity (Wildman–Crippen MR) is 88.8 cm³/mol. The highest BCUT2D eigenvalue weighted by Gasteiger charge is 2.08. The van der Waals surface area contributed by atoms with Gasteiger partial charge in [0.05, 0.1) is 14.2 Å². The van der Waals surface area contributed by atoms with E-state index in [1.807, 2.05) is 50.2 Å². The van der Waals surface area contributed by atoms with Gasteiger partial charge >= 0.3 is 0 Å². The first-order valence-electron chi connectivity index (χ1n) is 7.07. The average molecular weight is 296 g/mol. The van der Waals surface area contributed by atoms with E-state index in [1.54, 1.807) is 26.4 Å². The zero-order valence-corrected chi connectivity index (χ0v) is 13.3. The molecule has 22 heavy (non-hydrogen) atoms. The molecule has 3 heteroatoms. The summed E-state index contributed by atoms with van der Waals surface area (Å²) >= 11 is 0. The average Bonchev–Trinajstić information content (AvgIpc) is 2.54. The minimum atomic E-state index is -0.0343. The van der Waals surface area contributed by atoms with Crippen molar-refractivity contribution in [1.82, 2.24) is 0 Å². The molecule has 0 saturated carbocycles. The summed E-state index contributed by atoms with van der Waals surface area (Å²) < 4.78 is 10.6. The lowest BCUT2D eigenvalue weighted by Crippen LogP contribution is -1.96. The minimum Gasteiger partial charge on any atom is -0.493 e. The number of benzene rings is 2. The van der Waals surface area contributed by atoms with E-state index in [9.17, 15) is 4.79 Å². The van der Waals surface area contributed by atoms with Crippen LogP contribution in [0.3, 0.4) is 0 Å². The summed E-state index contributed by atoms with van der Waals surface area (Å²) in [7, 11) is 3.17. The van der Waals surface area contributed by atoms with Crippen LogP contribution in [0.2, 0.25) is 0 Å². The van der Waals surface area contributed by atoms with Crippen molar-refractivity contribution in [2.45, 2.75) is 13.8 Å². The standard InChI is InChI=1S/C19H20O3/c1-13-8-9-16(12-14(13)2)17(20)11-10-15-6-5-7-18(21-3)19(15)22-4/h5-12H,1-4H3. The number of hydrogen-bond acceptors (Lipinski definition) is 3. The van der Waals surface area contributed by atoms with Gasteiger partial charge in [-0.25, -0.2) is 0 Å². The molecule has 0 N–H and O–H groups in total. The van der Waals surface area contributed by atoms with Crippen LogP contribution in [0.4, 0.5) is 0 Å². The molecule has 2 aromatic rings. The SMILES string of the molecule is COc1cccc(C=CC(=O)c2ccc(C)c(C)c2)c1OC. The number of ketones is 1. The molecule has 3 nitrogen and oxygen atoms in total. The second-order valence-corrected chi connectivity index (χ2v) is 5.08. The minimum absolute atomic E-state index is 0.0343. The van der Waals surface area contributed by atoms with Crippen LogP contribution >= 0.6 is 0 Å². The normalized spacial score (nSPS) is 10.7. The molecule has 0 saturated heterocycles. The fourth-order valence-electron chi connectivity index (χ4n) is 2.20. The Kier molecular flexibility index (Phi) is 4.99. The predicted octanol–water partition coefficient (Wildman–Crippen LogP) is 4.22. The number of allylic oxidation sites excluding steroid dienone is 1. The highest BCUT2D eigenvalue weighted by Crippen LogP contribution is 2.31. The number of para-hydroxylation sites is 1. The Morgan fingerprint density at radius 3 is 2.41 bits per heavy atom. The monoisotopic (exact) mass is 296 g/mol. The molecule has 2 rings (SSSR count). The molecule has 0 aliphatic heterocycles. The Bertz CT molecular complexity index is 715. The van der Waals surface area contributed by atoms with Gasteiger partial charge in [-0.2, -0.15) is 0 Å². The van der Waals surface area contributed by atoms with Crippen molar-refractivity contribution < 1.29 is 14.3 Å².